The van der Waals surface area contributed by atoms with Gasteiger partial charge in [-0.3, -0.25) is 14.4 Å². The quantitative estimate of drug-likeness (QED) is 0.0261. The first kappa shape index (κ1) is 73.1. The van der Waals surface area contributed by atoms with Crippen molar-refractivity contribution in [1.29, 1.82) is 0 Å². The Balaban J connectivity index is 4.11. The first-order valence-electron chi connectivity index (χ1n) is 32.4. The Labute approximate surface area is 476 Å². The molecule has 6 nitrogen and oxygen atoms in total. The van der Waals surface area contributed by atoms with Gasteiger partial charge in [0.25, 0.3) is 0 Å². The normalized spacial score (nSPS) is 12.8. The molecule has 6 heteroatoms. The van der Waals surface area contributed by atoms with Crippen LogP contribution in [-0.4, -0.2) is 37.2 Å². The Morgan fingerprint density at radius 2 is 0.506 bits per heavy atom. The molecule has 440 valence electrons. The fourth-order valence-electron chi connectivity index (χ4n) is 8.92. The summed E-state index contributed by atoms with van der Waals surface area (Å²) in [7, 11) is 0. The Bertz CT molecular complexity index is 1560. The van der Waals surface area contributed by atoms with Crippen LogP contribution in [0.15, 0.2) is 109 Å². The Kier molecular flexibility index (Phi) is 61.3. The zero-order chi connectivity index (χ0) is 55.7. The largest absolute Gasteiger partial charge is 0.462 e. The van der Waals surface area contributed by atoms with Crippen LogP contribution >= 0.6 is 0 Å². The first-order chi connectivity index (χ1) is 38.0. The summed E-state index contributed by atoms with van der Waals surface area (Å²) >= 11 is 0. The van der Waals surface area contributed by atoms with Crippen molar-refractivity contribution in [2.24, 2.45) is 0 Å². The molecule has 77 heavy (non-hydrogen) atoms. The number of carbonyl (C=O) groups is 3. The molecule has 0 aromatic heterocycles. The van der Waals surface area contributed by atoms with Crippen molar-refractivity contribution in [2.75, 3.05) is 13.2 Å². The van der Waals surface area contributed by atoms with Gasteiger partial charge in [-0.05, 0) is 109 Å². The Hall–Kier alpha value is -3.93. The number of hydrogen-bond acceptors (Lipinski definition) is 6. The van der Waals surface area contributed by atoms with Crippen LogP contribution in [0.1, 0.15) is 303 Å². The molecule has 0 heterocycles. The molecule has 0 amide bonds. The van der Waals surface area contributed by atoms with Crippen molar-refractivity contribution in [3.63, 3.8) is 0 Å². The average Bonchev–Trinajstić information content (AvgIpc) is 3.43. The van der Waals surface area contributed by atoms with Crippen molar-refractivity contribution in [2.45, 2.75) is 309 Å². The number of esters is 3. The van der Waals surface area contributed by atoms with E-state index in [-0.39, 0.29) is 31.1 Å². The molecular weight excluding hydrogens is 949 g/mol. The van der Waals surface area contributed by atoms with Crippen LogP contribution in [0.3, 0.4) is 0 Å². The molecule has 0 aromatic carbocycles. The third kappa shape index (κ3) is 62.8. The zero-order valence-corrected chi connectivity index (χ0v) is 50.4. The average molecular weight is 1070 g/mol. The van der Waals surface area contributed by atoms with Crippen molar-refractivity contribution in [1.82, 2.24) is 0 Å². The lowest BCUT2D eigenvalue weighted by Gasteiger charge is -2.18. The minimum Gasteiger partial charge on any atom is -0.462 e. The van der Waals surface area contributed by atoms with Crippen molar-refractivity contribution in [3.05, 3.63) is 109 Å². The van der Waals surface area contributed by atoms with Gasteiger partial charge in [-0.2, -0.15) is 0 Å². The lowest BCUT2D eigenvalue weighted by Crippen LogP contribution is -2.30. The van der Waals surface area contributed by atoms with Crippen molar-refractivity contribution in [3.8, 4) is 0 Å². The highest BCUT2D eigenvalue weighted by Crippen LogP contribution is 2.16. The monoisotopic (exact) mass is 1070 g/mol. The molecule has 0 aliphatic rings. The van der Waals surface area contributed by atoms with Gasteiger partial charge in [-0.15, -0.1) is 0 Å². The summed E-state index contributed by atoms with van der Waals surface area (Å²) in [5, 5.41) is 0. The van der Waals surface area contributed by atoms with E-state index >= 15 is 0 Å². The number of hydrogen-bond donors (Lipinski definition) is 0. The molecule has 0 fully saturated rings. The second-order valence-electron chi connectivity index (χ2n) is 21.3. The fraction of sp³-hybridized carbons (Fsp3) is 0.704. The van der Waals surface area contributed by atoms with E-state index in [0.29, 0.717) is 19.3 Å². The van der Waals surface area contributed by atoms with E-state index in [2.05, 4.69) is 130 Å². The topological polar surface area (TPSA) is 78.9 Å². The summed E-state index contributed by atoms with van der Waals surface area (Å²) in [6, 6.07) is 0. The van der Waals surface area contributed by atoms with Gasteiger partial charge in [0.1, 0.15) is 13.2 Å². The number of allylic oxidation sites excluding steroid dienone is 18. The Morgan fingerprint density at radius 1 is 0.273 bits per heavy atom. The summed E-state index contributed by atoms with van der Waals surface area (Å²) in [4.78, 5) is 37.9. The molecule has 0 saturated heterocycles. The van der Waals surface area contributed by atoms with E-state index in [1.165, 1.54) is 135 Å². The fourth-order valence-corrected chi connectivity index (χ4v) is 8.92. The van der Waals surface area contributed by atoms with Gasteiger partial charge >= 0.3 is 17.9 Å². The van der Waals surface area contributed by atoms with Gasteiger partial charge in [0.05, 0.1) is 0 Å². The third-order valence-corrected chi connectivity index (χ3v) is 13.8. The smallest absolute Gasteiger partial charge is 0.306 e. The minimum absolute atomic E-state index is 0.0866. The summed E-state index contributed by atoms with van der Waals surface area (Å²) in [5.41, 5.74) is 0. The highest BCUT2D eigenvalue weighted by molar-refractivity contribution is 5.71. The maximum atomic E-state index is 12.8. The van der Waals surface area contributed by atoms with Crippen molar-refractivity contribution < 1.29 is 28.6 Å². The highest BCUT2D eigenvalue weighted by Gasteiger charge is 2.19. The predicted octanol–water partition coefficient (Wildman–Crippen LogP) is 22.2. The SMILES string of the molecule is CC/C=C\C/C=C\C/C=C\C/C=C\C/C=C\C/C=C\C/C=C\C/C=C\CCCCCCC(=O)OCC(COC(=O)CCCCCCC)OC(=O)CCCCCCCCCCCCCCC/C=C\CCCCCCCCCC. The summed E-state index contributed by atoms with van der Waals surface area (Å²) in [6.07, 6.45) is 88.6. The molecule has 0 rings (SSSR count). The number of ether oxygens (including phenoxy) is 3. The predicted molar refractivity (Wildman–Crippen MR) is 334 cm³/mol. The molecule has 0 spiro atoms. The third-order valence-electron chi connectivity index (χ3n) is 13.8. The van der Waals surface area contributed by atoms with E-state index in [0.717, 1.165) is 128 Å². The lowest BCUT2D eigenvalue weighted by molar-refractivity contribution is -0.167. The first-order valence-corrected chi connectivity index (χ1v) is 32.4. The molecule has 1 unspecified atom stereocenters. The molecule has 0 aliphatic heterocycles. The molecule has 0 saturated carbocycles. The summed E-state index contributed by atoms with van der Waals surface area (Å²) < 4.78 is 16.8. The van der Waals surface area contributed by atoms with Gasteiger partial charge in [0.15, 0.2) is 6.10 Å². The van der Waals surface area contributed by atoms with E-state index in [1.807, 2.05) is 0 Å². The van der Waals surface area contributed by atoms with Gasteiger partial charge in [-0.25, -0.2) is 0 Å². The molecule has 1 atom stereocenters. The van der Waals surface area contributed by atoms with Crippen LogP contribution in [-0.2, 0) is 28.6 Å². The molecule has 0 radical (unpaired) electrons. The summed E-state index contributed by atoms with van der Waals surface area (Å²) in [5.74, 6) is -0.921. The molecule has 0 aromatic rings. The maximum Gasteiger partial charge on any atom is 0.306 e. The molecule has 0 N–H and O–H groups in total. The lowest BCUT2D eigenvalue weighted by atomic mass is 10.0. The Morgan fingerprint density at radius 3 is 0.805 bits per heavy atom. The van der Waals surface area contributed by atoms with Crippen LogP contribution in [0.25, 0.3) is 0 Å². The van der Waals surface area contributed by atoms with Gasteiger partial charge < -0.3 is 14.2 Å². The van der Waals surface area contributed by atoms with Gasteiger partial charge in [0, 0.05) is 19.3 Å². The minimum atomic E-state index is -0.787. The van der Waals surface area contributed by atoms with Gasteiger partial charge in [-0.1, -0.05) is 284 Å². The van der Waals surface area contributed by atoms with Gasteiger partial charge in [0.2, 0.25) is 0 Å². The van der Waals surface area contributed by atoms with Crippen LogP contribution in [0.2, 0.25) is 0 Å². The van der Waals surface area contributed by atoms with Crippen LogP contribution in [0.4, 0.5) is 0 Å². The number of rotatable bonds is 58. The highest BCUT2D eigenvalue weighted by atomic mass is 16.6. The van der Waals surface area contributed by atoms with Crippen LogP contribution < -0.4 is 0 Å². The number of unbranched alkanes of at least 4 members (excludes halogenated alkanes) is 29. The van der Waals surface area contributed by atoms with E-state index in [9.17, 15) is 14.4 Å². The van der Waals surface area contributed by atoms with E-state index in [1.54, 1.807) is 0 Å². The molecular formula is C71H120O6. The van der Waals surface area contributed by atoms with Crippen molar-refractivity contribution >= 4 is 17.9 Å². The molecule has 0 aliphatic carbocycles. The van der Waals surface area contributed by atoms with E-state index < -0.39 is 6.10 Å². The number of carbonyl (C=O) groups excluding carboxylic acids is 3. The van der Waals surface area contributed by atoms with Crippen LogP contribution in [0.5, 0.6) is 0 Å². The summed E-state index contributed by atoms with van der Waals surface area (Å²) in [6.45, 7) is 6.44. The second-order valence-corrected chi connectivity index (χ2v) is 21.3. The molecule has 0 bridgehead atoms. The van der Waals surface area contributed by atoms with Crippen LogP contribution in [0, 0.1) is 0 Å². The standard InChI is InChI=1S/C71H120O6/c1-4-7-10-13-15-17-19-21-23-25-27-29-31-33-34-35-36-38-39-41-43-45-47-49-51-53-55-58-61-64-70(73)76-67-68(66-75-69(72)63-60-57-12-9-6-3)77-71(74)65-62-59-56-54-52-50-48-46-44-42-40-37-32-30-28-26-24-22-20-18-16-14-11-8-5-2/h7,10,15,17,21,23,26-29,33-34,36,38,41,43,47,49,68H,4-6,8-9,11-14,16,18-20,22,24-25,30-32,35,37,39-40,42,44-46,48,50-67H2,1-3H3/b10-7-,17-15-,23-21-,28-26-,29-27-,34-33-,38-36-,43-41-,49-47-. The van der Waals surface area contributed by atoms with E-state index in [4.69, 9.17) is 14.2 Å². The zero-order valence-electron chi connectivity index (χ0n) is 50.4. The second kappa shape index (κ2) is 64.6. The maximum absolute atomic E-state index is 12.8.